The number of carbonyl (C=O) groups excluding carboxylic acids is 1. The van der Waals surface area contributed by atoms with Crippen molar-refractivity contribution in [2.45, 2.75) is 39.8 Å². The summed E-state index contributed by atoms with van der Waals surface area (Å²) in [4.78, 5) is 36.3. The molecule has 0 aliphatic rings. The summed E-state index contributed by atoms with van der Waals surface area (Å²) in [6.45, 7) is 4.68. The number of benzene rings is 2. The zero-order chi connectivity index (χ0) is 20.3. The van der Waals surface area contributed by atoms with Crippen molar-refractivity contribution >= 4 is 28.6 Å². The normalized spacial score (nSPS) is 10.9. The van der Waals surface area contributed by atoms with Gasteiger partial charge in [0.05, 0.1) is 16.6 Å². The van der Waals surface area contributed by atoms with Crippen LogP contribution in [0.3, 0.4) is 0 Å². The van der Waals surface area contributed by atoms with Gasteiger partial charge in [-0.3, -0.25) is 13.9 Å². The molecule has 28 heavy (non-hydrogen) atoms. The van der Waals surface area contributed by atoms with E-state index in [1.165, 1.54) is 12.1 Å². The summed E-state index contributed by atoms with van der Waals surface area (Å²) in [6, 6.07) is 12.1. The number of rotatable bonds is 7. The number of carbonyl (C=O) groups is 2. The predicted molar refractivity (Wildman–Crippen MR) is 108 cm³/mol. The minimum absolute atomic E-state index is 0.108. The zero-order valence-electron chi connectivity index (χ0n) is 15.9. The molecular formula is C21H23N3O4. The van der Waals surface area contributed by atoms with E-state index in [-0.39, 0.29) is 30.1 Å². The molecule has 0 fully saturated rings. The Labute approximate surface area is 162 Å². The summed E-state index contributed by atoms with van der Waals surface area (Å²) < 4.78 is 3.35. The van der Waals surface area contributed by atoms with E-state index in [1.807, 2.05) is 31.2 Å². The topological polar surface area (TPSA) is 93.3 Å². The smallest absolute Gasteiger partial charge is 0.335 e. The molecule has 7 heteroatoms. The first-order chi connectivity index (χ1) is 13.4. The molecule has 0 unspecified atom stereocenters. The number of aromatic nitrogens is 2. The number of aromatic carboxylic acids is 1. The Morgan fingerprint density at radius 2 is 1.68 bits per heavy atom. The van der Waals surface area contributed by atoms with E-state index < -0.39 is 5.97 Å². The average molecular weight is 381 g/mol. The van der Waals surface area contributed by atoms with Crippen LogP contribution in [0.1, 0.15) is 35.7 Å². The van der Waals surface area contributed by atoms with E-state index in [4.69, 9.17) is 5.11 Å². The third kappa shape index (κ3) is 3.83. The average Bonchev–Trinajstić information content (AvgIpc) is 2.93. The number of carboxylic acid groups (broad SMARTS) is 1. The molecule has 0 atom stereocenters. The van der Waals surface area contributed by atoms with Crippen LogP contribution in [-0.2, 0) is 17.9 Å². The fourth-order valence-corrected chi connectivity index (χ4v) is 3.24. The van der Waals surface area contributed by atoms with Crippen LogP contribution in [0.5, 0.6) is 0 Å². The summed E-state index contributed by atoms with van der Waals surface area (Å²) in [5, 5.41) is 11.9. The van der Waals surface area contributed by atoms with Crippen molar-refractivity contribution in [2.75, 3.05) is 5.32 Å². The molecule has 3 rings (SSSR count). The number of hydrogen-bond donors (Lipinski definition) is 2. The lowest BCUT2D eigenvalue weighted by Gasteiger charge is -2.10. The molecule has 1 amide bonds. The highest BCUT2D eigenvalue weighted by Crippen LogP contribution is 2.18. The fraction of sp³-hybridized carbons (Fsp3) is 0.286. The van der Waals surface area contributed by atoms with Crippen LogP contribution in [0.4, 0.5) is 5.69 Å². The molecule has 0 bridgehead atoms. The number of nitrogens with zero attached hydrogens (tertiary/aromatic N) is 2. The first kappa shape index (κ1) is 19.4. The molecule has 2 N–H and O–H groups in total. The van der Waals surface area contributed by atoms with Gasteiger partial charge >= 0.3 is 11.7 Å². The van der Waals surface area contributed by atoms with Gasteiger partial charge in [-0.15, -0.1) is 0 Å². The van der Waals surface area contributed by atoms with Crippen molar-refractivity contribution in [3.8, 4) is 0 Å². The summed E-state index contributed by atoms with van der Waals surface area (Å²) in [7, 11) is 0. The van der Waals surface area contributed by atoms with Crippen molar-refractivity contribution in [3.05, 3.63) is 64.1 Å². The number of imidazole rings is 1. The predicted octanol–water partition coefficient (Wildman–Crippen LogP) is 3.25. The number of fused-ring (bicyclic) bond motifs is 1. The number of hydrogen-bond acceptors (Lipinski definition) is 3. The third-order valence-corrected chi connectivity index (χ3v) is 4.69. The molecule has 1 aromatic heterocycles. The van der Waals surface area contributed by atoms with Crippen molar-refractivity contribution in [3.63, 3.8) is 0 Å². The third-order valence-electron chi connectivity index (χ3n) is 4.69. The van der Waals surface area contributed by atoms with E-state index in [2.05, 4.69) is 5.32 Å². The van der Waals surface area contributed by atoms with Gasteiger partial charge in [0.25, 0.3) is 0 Å². The molecule has 2 aromatic carbocycles. The van der Waals surface area contributed by atoms with Crippen LogP contribution in [-0.4, -0.2) is 26.1 Å². The first-order valence-electron chi connectivity index (χ1n) is 9.24. The van der Waals surface area contributed by atoms with E-state index in [1.54, 1.807) is 22.1 Å². The van der Waals surface area contributed by atoms with E-state index in [0.29, 0.717) is 12.2 Å². The molecule has 0 radical (unpaired) electrons. The van der Waals surface area contributed by atoms with E-state index >= 15 is 0 Å². The Bertz CT molecular complexity index is 1090. The Balaban J connectivity index is 1.79. The lowest BCUT2D eigenvalue weighted by molar-refractivity contribution is -0.116. The standard InChI is InChI=1S/C21H23N3O4/c1-3-11-23-17-6-4-5-7-18(17)24(21(23)28)12-10-19(25)22-16-13-15(20(26)27)9-8-14(16)2/h4-9,13H,3,10-12H2,1-2H3,(H,22,25)(H,26,27). The monoisotopic (exact) mass is 381 g/mol. The summed E-state index contributed by atoms with van der Waals surface area (Å²) >= 11 is 0. The zero-order valence-corrected chi connectivity index (χ0v) is 15.9. The maximum atomic E-state index is 12.8. The molecule has 1 heterocycles. The first-order valence-corrected chi connectivity index (χ1v) is 9.24. The van der Waals surface area contributed by atoms with Gasteiger partial charge in [0.15, 0.2) is 0 Å². The van der Waals surface area contributed by atoms with Gasteiger partial charge in [-0.1, -0.05) is 25.1 Å². The maximum absolute atomic E-state index is 12.8. The molecule has 0 spiro atoms. The Kier molecular flexibility index (Phi) is 5.63. The van der Waals surface area contributed by atoms with Gasteiger partial charge in [0.1, 0.15) is 0 Å². The summed E-state index contributed by atoms with van der Waals surface area (Å²) in [5.41, 5.74) is 2.89. The number of anilines is 1. The van der Waals surface area contributed by atoms with Crippen LogP contribution in [0.15, 0.2) is 47.3 Å². The molecular weight excluding hydrogens is 358 g/mol. The lowest BCUT2D eigenvalue weighted by atomic mass is 10.1. The highest BCUT2D eigenvalue weighted by atomic mass is 16.4. The second kappa shape index (κ2) is 8.12. The largest absolute Gasteiger partial charge is 0.478 e. The van der Waals surface area contributed by atoms with Crippen molar-refractivity contribution in [1.29, 1.82) is 0 Å². The van der Waals surface area contributed by atoms with Gasteiger partial charge in [0, 0.05) is 25.2 Å². The molecule has 146 valence electrons. The quantitative estimate of drug-likeness (QED) is 0.657. The summed E-state index contributed by atoms with van der Waals surface area (Å²) in [6.07, 6.45) is 0.949. The SMILES string of the molecule is CCCn1c(=O)n(CCC(=O)Nc2cc(C(=O)O)ccc2C)c2ccccc21. The molecule has 0 aliphatic heterocycles. The Morgan fingerprint density at radius 1 is 1.04 bits per heavy atom. The van der Waals surface area contributed by atoms with Gasteiger partial charge < -0.3 is 10.4 Å². The molecule has 0 aliphatic carbocycles. The minimum Gasteiger partial charge on any atom is -0.478 e. The molecule has 0 saturated heterocycles. The van der Waals surface area contributed by atoms with Gasteiger partial charge in [-0.05, 0) is 43.2 Å². The molecule has 7 nitrogen and oxygen atoms in total. The van der Waals surface area contributed by atoms with Crippen LogP contribution in [0, 0.1) is 6.92 Å². The van der Waals surface area contributed by atoms with Crippen molar-refractivity contribution < 1.29 is 14.7 Å². The van der Waals surface area contributed by atoms with Gasteiger partial charge in [-0.25, -0.2) is 9.59 Å². The van der Waals surface area contributed by atoms with E-state index in [0.717, 1.165) is 23.0 Å². The molecule has 3 aromatic rings. The number of nitrogens with one attached hydrogen (secondary N) is 1. The number of aryl methyl sites for hydroxylation is 3. The molecule has 0 saturated carbocycles. The maximum Gasteiger partial charge on any atom is 0.335 e. The van der Waals surface area contributed by atoms with Gasteiger partial charge in [-0.2, -0.15) is 0 Å². The lowest BCUT2D eigenvalue weighted by Crippen LogP contribution is -2.26. The highest BCUT2D eigenvalue weighted by Gasteiger charge is 2.14. The van der Waals surface area contributed by atoms with Crippen molar-refractivity contribution in [2.24, 2.45) is 0 Å². The number of amides is 1. The summed E-state index contributed by atoms with van der Waals surface area (Å²) in [5.74, 6) is -1.32. The van der Waals surface area contributed by atoms with E-state index in [9.17, 15) is 14.4 Å². The van der Waals surface area contributed by atoms with Gasteiger partial charge in [0.2, 0.25) is 5.91 Å². The second-order valence-electron chi connectivity index (χ2n) is 6.71. The van der Waals surface area contributed by atoms with Crippen LogP contribution in [0.25, 0.3) is 11.0 Å². The highest BCUT2D eigenvalue weighted by molar-refractivity contribution is 5.94. The van der Waals surface area contributed by atoms with Crippen LogP contribution >= 0.6 is 0 Å². The van der Waals surface area contributed by atoms with Crippen molar-refractivity contribution in [1.82, 2.24) is 9.13 Å². The van der Waals surface area contributed by atoms with Crippen LogP contribution < -0.4 is 11.0 Å². The second-order valence-corrected chi connectivity index (χ2v) is 6.71. The number of para-hydroxylation sites is 2. The number of carboxylic acids is 1. The Morgan fingerprint density at radius 3 is 2.29 bits per heavy atom. The minimum atomic E-state index is -1.05. The fourth-order valence-electron chi connectivity index (χ4n) is 3.24. The van der Waals surface area contributed by atoms with Crippen LogP contribution in [0.2, 0.25) is 0 Å². The Hall–Kier alpha value is -3.35.